The van der Waals surface area contributed by atoms with E-state index in [0.29, 0.717) is 13.2 Å². The third-order valence-corrected chi connectivity index (χ3v) is 3.82. The zero-order valence-electron chi connectivity index (χ0n) is 16.6. The fraction of sp³-hybridized carbons (Fsp3) is 0.409. The summed E-state index contributed by atoms with van der Waals surface area (Å²) in [4.78, 5) is 11.6. The van der Waals surface area contributed by atoms with Crippen molar-refractivity contribution in [1.82, 2.24) is 5.32 Å². The number of alkyl carbamates (subject to hydrolysis) is 1. The smallest absolute Gasteiger partial charge is 0.407 e. The van der Waals surface area contributed by atoms with Crippen molar-refractivity contribution in [3.8, 4) is 11.5 Å². The Kier molecular flexibility index (Phi) is 7.53. The molecule has 0 aliphatic carbocycles. The summed E-state index contributed by atoms with van der Waals surface area (Å²) in [6, 6.07) is 15.9. The summed E-state index contributed by atoms with van der Waals surface area (Å²) in [5.74, 6) is 1.70. The second kappa shape index (κ2) is 9.86. The number of methoxy groups -OCH3 is 1. The maximum atomic E-state index is 11.6. The summed E-state index contributed by atoms with van der Waals surface area (Å²) in [5.41, 5.74) is 1.86. The van der Waals surface area contributed by atoms with Crippen LogP contribution in [0.25, 0.3) is 0 Å². The molecule has 0 radical (unpaired) electrons. The largest absolute Gasteiger partial charge is 0.497 e. The van der Waals surface area contributed by atoms with Gasteiger partial charge in [0, 0.05) is 13.0 Å². The third kappa shape index (κ3) is 8.03. The van der Waals surface area contributed by atoms with Gasteiger partial charge in [-0.25, -0.2) is 4.79 Å². The fourth-order valence-corrected chi connectivity index (χ4v) is 2.45. The van der Waals surface area contributed by atoms with Crippen LogP contribution in [0.2, 0.25) is 0 Å². The lowest BCUT2D eigenvalue weighted by Crippen LogP contribution is -2.33. The first-order valence-electron chi connectivity index (χ1n) is 9.17. The van der Waals surface area contributed by atoms with Gasteiger partial charge >= 0.3 is 6.09 Å². The van der Waals surface area contributed by atoms with E-state index in [2.05, 4.69) is 5.32 Å². The van der Waals surface area contributed by atoms with E-state index in [0.717, 1.165) is 29.9 Å². The first-order valence-corrected chi connectivity index (χ1v) is 9.17. The van der Waals surface area contributed by atoms with Crippen molar-refractivity contribution in [2.75, 3.05) is 20.3 Å². The number of ether oxygens (including phenoxy) is 3. The molecule has 0 saturated heterocycles. The molecule has 27 heavy (non-hydrogen) atoms. The quantitative estimate of drug-likeness (QED) is 0.748. The minimum absolute atomic E-state index is 0.388. The second-order valence-corrected chi connectivity index (χ2v) is 7.27. The number of nitrogens with one attached hydrogen (secondary N) is 1. The van der Waals surface area contributed by atoms with E-state index in [1.807, 2.05) is 69.3 Å². The molecule has 1 amide bonds. The van der Waals surface area contributed by atoms with Crippen molar-refractivity contribution in [2.24, 2.45) is 0 Å². The molecule has 2 aromatic rings. The van der Waals surface area contributed by atoms with Crippen LogP contribution in [0.3, 0.4) is 0 Å². The number of rotatable bonds is 8. The Morgan fingerprint density at radius 3 is 2.00 bits per heavy atom. The number of benzene rings is 2. The van der Waals surface area contributed by atoms with Gasteiger partial charge < -0.3 is 19.5 Å². The Hall–Kier alpha value is -2.69. The Morgan fingerprint density at radius 2 is 1.44 bits per heavy atom. The average Bonchev–Trinajstić information content (AvgIpc) is 2.62. The summed E-state index contributed by atoms with van der Waals surface area (Å²) >= 11 is 0. The lowest BCUT2D eigenvalue weighted by atomic mass is 10.1. The fourth-order valence-electron chi connectivity index (χ4n) is 2.45. The molecule has 0 spiro atoms. The third-order valence-electron chi connectivity index (χ3n) is 3.82. The van der Waals surface area contributed by atoms with Crippen molar-refractivity contribution in [3.63, 3.8) is 0 Å². The van der Waals surface area contributed by atoms with Gasteiger partial charge in [-0.2, -0.15) is 0 Å². The number of carbonyl (C=O) groups excluding carboxylic acids is 1. The van der Waals surface area contributed by atoms with Crippen LogP contribution in [-0.4, -0.2) is 32.0 Å². The van der Waals surface area contributed by atoms with Crippen molar-refractivity contribution >= 4 is 6.09 Å². The molecule has 0 aliphatic heterocycles. The van der Waals surface area contributed by atoms with E-state index in [9.17, 15) is 4.79 Å². The average molecular weight is 371 g/mol. The highest BCUT2D eigenvalue weighted by Gasteiger charge is 2.15. The number of hydrogen-bond donors (Lipinski definition) is 1. The highest BCUT2D eigenvalue weighted by molar-refractivity contribution is 5.67. The molecular formula is C22H29NO4. The molecule has 0 fully saturated rings. The minimum Gasteiger partial charge on any atom is -0.497 e. The summed E-state index contributed by atoms with van der Waals surface area (Å²) in [7, 11) is 1.66. The Labute approximate surface area is 161 Å². The summed E-state index contributed by atoms with van der Waals surface area (Å²) < 4.78 is 16.2. The second-order valence-electron chi connectivity index (χ2n) is 7.27. The van der Waals surface area contributed by atoms with Crippen molar-refractivity contribution in [3.05, 3.63) is 59.7 Å². The van der Waals surface area contributed by atoms with Crippen LogP contribution >= 0.6 is 0 Å². The molecule has 0 bridgehead atoms. The topological polar surface area (TPSA) is 56.8 Å². The van der Waals surface area contributed by atoms with Gasteiger partial charge in [0.25, 0.3) is 0 Å². The molecule has 5 heteroatoms. The Balaban J connectivity index is 1.69. The van der Waals surface area contributed by atoms with Gasteiger partial charge in [0.2, 0.25) is 0 Å². The molecule has 0 saturated carbocycles. The maximum Gasteiger partial charge on any atom is 0.407 e. The molecule has 0 heterocycles. The van der Waals surface area contributed by atoms with E-state index >= 15 is 0 Å². The lowest BCUT2D eigenvalue weighted by molar-refractivity contribution is 0.0528. The maximum absolute atomic E-state index is 11.6. The molecule has 0 aliphatic rings. The van der Waals surface area contributed by atoms with Gasteiger partial charge in [0.15, 0.2) is 0 Å². The van der Waals surface area contributed by atoms with E-state index in [1.165, 1.54) is 5.56 Å². The molecule has 2 rings (SSSR count). The van der Waals surface area contributed by atoms with E-state index in [4.69, 9.17) is 14.2 Å². The molecule has 2 aromatic carbocycles. The zero-order valence-corrected chi connectivity index (χ0v) is 16.6. The van der Waals surface area contributed by atoms with Crippen LogP contribution in [0, 0.1) is 0 Å². The molecule has 5 nitrogen and oxygen atoms in total. The molecular weight excluding hydrogens is 342 g/mol. The van der Waals surface area contributed by atoms with Crippen LogP contribution in [0.4, 0.5) is 4.79 Å². The van der Waals surface area contributed by atoms with Crippen LogP contribution < -0.4 is 14.8 Å². The van der Waals surface area contributed by atoms with E-state index in [1.54, 1.807) is 7.11 Å². The van der Waals surface area contributed by atoms with Gasteiger partial charge in [-0.15, -0.1) is 0 Å². The van der Waals surface area contributed by atoms with Gasteiger partial charge in [0.1, 0.15) is 17.1 Å². The van der Waals surface area contributed by atoms with Crippen molar-refractivity contribution in [1.29, 1.82) is 0 Å². The number of hydrogen-bond acceptors (Lipinski definition) is 4. The van der Waals surface area contributed by atoms with Gasteiger partial charge in [-0.05, 0) is 62.6 Å². The van der Waals surface area contributed by atoms with Crippen molar-refractivity contribution in [2.45, 2.75) is 39.2 Å². The molecule has 1 N–H and O–H groups in total. The molecule has 0 unspecified atom stereocenters. The first-order chi connectivity index (χ1) is 12.9. The summed E-state index contributed by atoms with van der Waals surface area (Å²) in [6.45, 7) is 6.69. The predicted octanol–water partition coefficient (Wildman–Crippen LogP) is 4.38. The Morgan fingerprint density at radius 1 is 0.889 bits per heavy atom. The highest BCUT2D eigenvalue weighted by atomic mass is 16.6. The first kappa shape index (κ1) is 20.6. The van der Waals surface area contributed by atoms with Gasteiger partial charge in [-0.3, -0.25) is 0 Å². The molecule has 146 valence electrons. The lowest BCUT2D eigenvalue weighted by Gasteiger charge is -2.19. The zero-order chi connectivity index (χ0) is 19.7. The van der Waals surface area contributed by atoms with Crippen LogP contribution in [0.1, 0.15) is 31.9 Å². The Bertz CT molecular complexity index is 703. The standard InChI is InChI=1S/C22H29NO4/c1-22(2,3)27-21(24)23-15-13-17-7-11-20(12-8-17)26-16-14-18-5-9-19(25-4)10-6-18/h5-12H,13-16H2,1-4H3,(H,23,24). The van der Waals surface area contributed by atoms with Crippen molar-refractivity contribution < 1.29 is 19.0 Å². The van der Waals surface area contributed by atoms with E-state index < -0.39 is 5.60 Å². The van der Waals surface area contributed by atoms with Crippen LogP contribution in [-0.2, 0) is 17.6 Å². The monoisotopic (exact) mass is 371 g/mol. The van der Waals surface area contributed by atoms with E-state index in [-0.39, 0.29) is 6.09 Å². The van der Waals surface area contributed by atoms with Gasteiger partial charge in [0.05, 0.1) is 13.7 Å². The normalized spacial score (nSPS) is 11.0. The summed E-state index contributed by atoms with van der Waals surface area (Å²) in [6.07, 6.45) is 1.19. The number of carbonyl (C=O) groups is 1. The minimum atomic E-state index is -0.477. The molecule has 0 aromatic heterocycles. The van der Waals surface area contributed by atoms with Gasteiger partial charge in [-0.1, -0.05) is 24.3 Å². The summed E-state index contributed by atoms with van der Waals surface area (Å²) in [5, 5.41) is 2.76. The molecule has 0 atom stereocenters. The van der Waals surface area contributed by atoms with Crippen LogP contribution in [0.5, 0.6) is 11.5 Å². The highest BCUT2D eigenvalue weighted by Crippen LogP contribution is 2.15. The SMILES string of the molecule is COc1ccc(CCOc2ccc(CCNC(=O)OC(C)(C)C)cc2)cc1. The number of amides is 1. The van der Waals surface area contributed by atoms with Crippen LogP contribution in [0.15, 0.2) is 48.5 Å². The predicted molar refractivity (Wildman–Crippen MR) is 107 cm³/mol.